The van der Waals surface area contributed by atoms with Gasteiger partial charge in [0.05, 0.1) is 12.4 Å². The topological polar surface area (TPSA) is 44.1 Å². The summed E-state index contributed by atoms with van der Waals surface area (Å²) in [5.41, 5.74) is -0.0574. The van der Waals surface area contributed by atoms with Crippen LogP contribution in [0.3, 0.4) is 0 Å². The monoisotopic (exact) mass is 194 g/mol. The third-order valence-electron chi connectivity index (χ3n) is 2.54. The predicted octanol–water partition coefficient (Wildman–Crippen LogP) is 1.16. The van der Waals surface area contributed by atoms with Crippen LogP contribution in [0, 0.1) is 0 Å². The normalized spacial score (nSPS) is 17.4. The lowest BCUT2D eigenvalue weighted by Crippen LogP contribution is -2.22. The minimum atomic E-state index is -0.0574. The predicted molar refractivity (Wildman–Crippen MR) is 51.8 cm³/mol. The van der Waals surface area contributed by atoms with Crippen LogP contribution in [-0.4, -0.2) is 15.7 Å². The van der Waals surface area contributed by atoms with Gasteiger partial charge in [-0.15, -0.1) is 0 Å². The van der Waals surface area contributed by atoms with Crippen molar-refractivity contribution in [3.63, 3.8) is 0 Å². The van der Waals surface area contributed by atoms with Crippen LogP contribution in [0.25, 0.3) is 0 Å². The second kappa shape index (κ2) is 4.37. The molecule has 1 heterocycles. The van der Waals surface area contributed by atoms with Crippen LogP contribution < -0.4 is 5.56 Å². The van der Waals surface area contributed by atoms with Crippen molar-refractivity contribution in [3.05, 3.63) is 28.9 Å². The Morgan fingerprint density at radius 1 is 1.50 bits per heavy atom. The van der Waals surface area contributed by atoms with E-state index in [0.717, 1.165) is 12.8 Å². The standard InChI is InChI=1S/C10H14N2O2/c13-10-5-6-11-7-12(10)8-14-9-3-1-2-4-9/h5-7,9H,1-4,8H2. The molecule has 0 unspecified atom stereocenters. The molecule has 1 aromatic rings. The first-order valence-corrected chi connectivity index (χ1v) is 4.98. The van der Waals surface area contributed by atoms with E-state index in [9.17, 15) is 4.79 Å². The molecule has 1 aromatic heterocycles. The molecule has 0 radical (unpaired) electrons. The van der Waals surface area contributed by atoms with E-state index in [1.165, 1.54) is 36.0 Å². The third kappa shape index (κ3) is 2.20. The smallest absolute Gasteiger partial charge is 0.255 e. The fraction of sp³-hybridized carbons (Fsp3) is 0.600. The summed E-state index contributed by atoms with van der Waals surface area (Å²) in [5, 5.41) is 0. The minimum Gasteiger partial charge on any atom is -0.357 e. The maximum atomic E-state index is 11.3. The molecule has 1 saturated carbocycles. The summed E-state index contributed by atoms with van der Waals surface area (Å²) in [6, 6.07) is 1.44. The third-order valence-corrected chi connectivity index (χ3v) is 2.54. The molecule has 0 spiro atoms. The van der Waals surface area contributed by atoms with Crippen molar-refractivity contribution in [2.45, 2.75) is 38.5 Å². The fourth-order valence-corrected chi connectivity index (χ4v) is 1.72. The summed E-state index contributed by atoms with van der Waals surface area (Å²) in [6.07, 6.45) is 8.07. The number of ether oxygens (including phenoxy) is 1. The van der Waals surface area contributed by atoms with Gasteiger partial charge in [-0.3, -0.25) is 9.36 Å². The molecule has 0 amide bonds. The van der Waals surface area contributed by atoms with E-state index in [0.29, 0.717) is 12.8 Å². The summed E-state index contributed by atoms with van der Waals surface area (Å²) in [4.78, 5) is 15.1. The second-order valence-corrected chi connectivity index (χ2v) is 3.59. The van der Waals surface area contributed by atoms with Gasteiger partial charge in [-0.05, 0) is 12.8 Å². The summed E-state index contributed by atoms with van der Waals surface area (Å²) >= 11 is 0. The lowest BCUT2D eigenvalue weighted by molar-refractivity contribution is 0.00928. The lowest BCUT2D eigenvalue weighted by Gasteiger charge is -2.11. The molecule has 0 atom stereocenters. The van der Waals surface area contributed by atoms with Gasteiger partial charge in [0.15, 0.2) is 0 Å². The van der Waals surface area contributed by atoms with Crippen molar-refractivity contribution in [1.82, 2.24) is 9.55 Å². The van der Waals surface area contributed by atoms with Crippen molar-refractivity contribution in [1.29, 1.82) is 0 Å². The van der Waals surface area contributed by atoms with Crippen molar-refractivity contribution < 1.29 is 4.74 Å². The average molecular weight is 194 g/mol. The Hall–Kier alpha value is -1.16. The maximum Gasteiger partial charge on any atom is 0.255 e. The molecular weight excluding hydrogens is 180 g/mol. The van der Waals surface area contributed by atoms with Gasteiger partial charge >= 0.3 is 0 Å². The first kappa shape index (κ1) is 9.40. The number of rotatable bonds is 3. The largest absolute Gasteiger partial charge is 0.357 e. The highest BCUT2D eigenvalue weighted by Gasteiger charge is 2.15. The van der Waals surface area contributed by atoms with Crippen LogP contribution in [0.1, 0.15) is 25.7 Å². The molecule has 0 aromatic carbocycles. The molecule has 4 heteroatoms. The Bertz CT molecular complexity index is 342. The number of hydrogen-bond donors (Lipinski definition) is 0. The highest BCUT2D eigenvalue weighted by atomic mass is 16.5. The van der Waals surface area contributed by atoms with E-state index in [1.54, 1.807) is 0 Å². The van der Waals surface area contributed by atoms with Crippen LogP contribution in [0.15, 0.2) is 23.4 Å². The molecular formula is C10H14N2O2. The van der Waals surface area contributed by atoms with Gasteiger partial charge in [-0.2, -0.15) is 0 Å². The molecule has 1 aliphatic carbocycles. The number of nitrogens with zero attached hydrogens (tertiary/aromatic N) is 2. The van der Waals surface area contributed by atoms with Gasteiger partial charge in [-0.25, -0.2) is 4.98 Å². The molecule has 0 N–H and O–H groups in total. The Morgan fingerprint density at radius 2 is 2.29 bits per heavy atom. The Kier molecular flexibility index (Phi) is 2.93. The molecule has 4 nitrogen and oxygen atoms in total. The first-order valence-electron chi connectivity index (χ1n) is 4.98. The van der Waals surface area contributed by atoms with E-state index in [1.807, 2.05) is 0 Å². The molecule has 76 valence electrons. The molecule has 2 rings (SSSR count). The van der Waals surface area contributed by atoms with Crippen LogP contribution in [0.4, 0.5) is 0 Å². The highest BCUT2D eigenvalue weighted by Crippen LogP contribution is 2.20. The van der Waals surface area contributed by atoms with Gasteiger partial charge in [0.1, 0.15) is 6.73 Å². The SMILES string of the molecule is O=c1ccncn1COC1CCCC1. The summed E-state index contributed by atoms with van der Waals surface area (Å²) in [6.45, 7) is 0.331. The van der Waals surface area contributed by atoms with Crippen molar-refractivity contribution in [2.24, 2.45) is 0 Å². The molecule has 0 saturated heterocycles. The Labute approximate surface area is 82.5 Å². The van der Waals surface area contributed by atoms with Gasteiger partial charge < -0.3 is 4.74 Å². The van der Waals surface area contributed by atoms with E-state index in [2.05, 4.69) is 4.98 Å². The maximum absolute atomic E-state index is 11.3. The molecule has 1 aliphatic rings. The van der Waals surface area contributed by atoms with E-state index in [4.69, 9.17) is 4.74 Å². The van der Waals surface area contributed by atoms with Crippen LogP contribution in [-0.2, 0) is 11.5 Å². The number of hydrogen-bond acceptors (Lipinski definition) is 3. The summed E-state index contributed by atoms with van der Waals surface area (Å²) in [5.74, 6) is 0. The summed E-state index contributed by atoms with van der Waals surface area (Å²) < 4.78 is 7.08. The van der Waals surface area contributed by atoms with Gasteiger partial charge in [0, 0.05) is 12.3 Å². The fourth-order valence-electron chi connectivity index (χ4n) is 1.72. The Balaban J connectivity index is 1.91. The zero-order valence-corrected chi connectivity index (χ0v) is 8.06. The second-order valence-electron chi connectivity index (χ2n) is 3.59. The van der Waals surface area contributed by atoms with Crippen molar-refractivity contribution in [2.75, 3.05) is 0 Å². The molecule has 0 bridgehead atoms. The zero-order valence-electron chi connectivity index (χ0n) is 8.06. The average Bonchev–Trinajstić information content (AvgIpc) is 2.69. The van der Waals surface area contributed by atoms with Gasteiger partial charge in [0.25, 0.3) is 5.56 Å². The van der Waals surface area contributed by atoms with E-state index < -0.39 is 0 Å². The number of aromatic nitrogens is 2. The highest BCUT2D eigenvalue weighted by molar-refractivity contribution is 4.81. The minimum absolute atomic E-state index is 0.0574. The van der Waals surface area contributed by atoms with Crippen LogP contribution >= 0.6 is 0 Å². The molecule has 0 aliphatic heterocycles. The van der Waals surface area contributed by atoms with E-state index >= 15 is 0 Å². The van der Waals surface area contributed by atoms with Gasteiger partial charge in [-0.1, -0.05) is 12.8 Å². The van der Waals surface area contributed by atoms with Gasteiger partial charge in [0.2, 0.25) is 0 Å². The van der Waals surface area contributed by atoms with Crippen molar-refractivity contribution >= 4 is 0 Å². The summed E-state index contributed by atoms with van der Waals surface area (Å²) in [7, 11) is 0. The quantitative estimate of drug-likeness (QED) is 0.725. The zero-order chi connectivity index (χ0) is 9.80. The van der Waals surface area contributed by atoms with Crippen molar-refractivity contribution in [3.8, 4) is 0 Å². The van der Waals surface area contributed by atoms with E-state index in [-0.39, 0.29) is 5.56 Å². The first-order chi connectivity index (χ1) is 6.86. The van der Waals surface area contributed by atoms with Crippen LogP contribution in [0.5, 0.6) is 0 Å². The molecule has 1 fully saturated rings. The lowest BCUT2D eigenvalue weighted by atomic mass is 10.3. The van der Waals surface area contributed by atoms with Crippen LogP contribution in [0.2, 0.25) is 0 Å². The molecule has 14 heavy (non-hydrogen) atoms. The Morgan fingerprint density at radius 3 is 3.00 bits per heavy atom.